The molecule has 10 nitrogen and oxygen atoms in total. The zero-order chi connectivity index (χ0) is 27.3. The molecule has 0 unspecified atom stereocenters. The lowest BCUT2D eigenvalue weighted by Gasteiger charge is -2.16. The molecular weight excluding hydrogens is 540 g/mol. The van der Waals surface area contributed by atoms with Gasteiger partial charge >= 0.3 is 6.18 Å². The van der Waals surface area contributed by atoms with E-state index in [9.17, 15) is 27.6 Å². The molecule has 0 saturated carbocycles. The summed E-state index contributed by atoms with van der Waals surface area (Å²) in [6, 6.07) is 5.58. The normalized spacial score (nSPS) is 11.2. The highest BCUT2D eigenvalue weighted by molar-refractivity contribution is 6.33. The third-order valence-corrected chi connectivity index (χ3v) is 5.35. The number of amides is 3. The number of halogens is 5. The predicted octanol–water partition coefficient (Wildman–Crippen LogP) is 3.78. The van der Waals surface area contributed by atoms with Crippen LogP contribution in [0.3, 0.4) is 0 Å². The Kier molecular flexibility index (Phi) is 8.73. The molecule has 0 aliphatic rings. The molecule has 3 N–H and O–H groups in total. The molecule has 2 heterocycles. The summed E-state index contributed by atoms with van der Waals surface area (Å²) < 4.78 is 40.1. The SMILES string of the molecule is CNC(=O)CONC(=O)c1cc(Cl)cc(C)c1NC(=O)c1cnn(CC(F)(F)F)c1-c1ncccc1Cl. The maximum Gasteiger partial charge on any atom is 0.408 e. The molecule has 15 heteroatoms. The van der Waals surface area contributed by atoms with Crippen molar-refractivity contribution in [3.05, 3.63) is 63.4 Å². The fourth-order valence-corrected chi connectivity index (χ4v) is 3.70. The number of likely N-dealkylation sites (N-methyl/N-ethyl adjacent to an activating group) is 1. The highest BCUT2D eigenvalue weighted by Crippen LogP contribution is 2.32. The van der Waals surface area contributed by atoms with Crippen molar-refractivity contribution in [2.75, 3.05) is 19.0 Å². The topological polar surface area (TPSA) is 127 Å². The van der Waals surface area contributed by atoms with Gasteiger partial charge in [0.25, 0.3) is 11.8 Å². The average molecular weight is 559 g/mol. The Morgan fingerprint density at radius 2 is 1.86 bits per heavy atom. The Labute approximate surface area is 218 Å². The van der Waals surface area contributed by atoms with Gasteiger partial charge in [0.05, 0.1) is 28.0 Å². The molecule has 0 aliphatic carbocycles. The number of aromatic nitrogens is 3. The van der Waals surface area contributed by atoms with Gasteiger partial charge in [0, 0.05) is 18.3 Å². The molecule has 196 valence electrons. The number of nitrogens with one attached hydrogen (secondary N) is 3. The Morgan fingerprint density at radius 1 is 1.14 bits per heavy atom. The lowest BCUT2D eigenvalue weighted by molar-refractivity contribution is -0.142. The molecule has 0 radical (unpaired) electrons. The molecule has 3 amide bonds. The summed E-state index contributed by atoms with van der Waals surface area (Å²) in [5.41, 5.74) is 1.65. The zero-order valence-electron chi connectivity index (χ0n) is 19.2. The third kappa shape index (κ3) is 6.96. The van der Waals surface area contributed by atoms with Crippen molar-refractivity contribution < 1.29 is 32.4 Å². The van der Waals surface area contributed by atoms with E-state index in [4.69, 9.17) is 28.0 Å². The molecule has 0 bridgehead atoms. The number of hydrogen-bond donors (Lipinski definition) is 3. The van der Waals surface area contributed by atoms with Crippen LogP contribution in [0.15, 0.2) is 36.7 Å². The minimum atomic E-state index is -4.65. The largest absolute Gasteiger partial charge is 0.408 e. The number of alkyl halides is 3. The van der Waals surface area contributed by atoms with Gasteiger partial charge in [-0.05, 0) is 36.8 Å². The Hall–Kier alpha value is -3.68. The van der Waals surface area contributed by atoms with Crippen LogP contribution in [-0.2, 0) is 16.2 Å². The number of aryl methyl sites for hydroxylation is 1. The second-order valence-corrected chi connectivity index (χ2v) is 8.35. The van der Waals surface area contributed by atoms with Crippen LogP contribution in [0.1, 0.15) is 26.3 Å². The summed E-state index contributed by atoms with van der Waals surface area (Å²) in [7, 11) is 1.38. The molecular formula is C22H19Cl2F3N6O4. The van der Waals surface area contributed by atoms with Gasteiger partial charge in [0.1, 0.15) is 17.9 Å². The van der Waals surface area contributed by atoms with E-state index < -0.39 is 37.0 Å². The summed E-state index contributed by atoms with van der Waals surface area (Å²) >= 11 is 12.2. The van der Waals surface area contributed by atoms with Crippen LogP contribution in [0.5, 0.6) is 0 Å². The number of hydrogen-bond acceptors (Lipinski definition) is 6. The monoisotopic (exact) mass is 558 g/mol. The van der Waals surface area contributed by atoms with Crippen molar-refractivity contribution >= 4 is 46.6 Å². The molecule has 0 saturated heterocycles. The van der Waals surface area contributed by atoms with Crippen LogP contribution in [0.4, 0.5) is 18.9 Å². The summed E-state index contributed by atoms with van der Waals surface area (Å²) in [4.78, 5) is 46.2. The van der Waals surface area contributed by atoms with E-state index in [2.05, 4.69) is 26.2 Å². The first-order chi connectivity index (χ1) is 17.4. The van der Waals surface area contributed by atoms with Crippen LogP contribution >= 0.6 is 23.2 Å². The molecule has 0 spiro atoms. The van der Waals surface area contributed by atoms with Crippen molar-refractivity contribution in [2.24, 2.45) is 0 Å². The summed E-state index contributed by atoms with van der Waals surface area (Å²) in [6.45, 7) is -0.428. The number of hydroxylamine groups is 1. The molecule has 0 fully saturated rings. The fourth-order valence-electron chi connectivity index (χ4n) is 3.21. The standard InChI is InChI=1S/C22H19Cl2F3N6O4/c1-11-6-12(23)7-13(21(36)32-37-9-16(34)28-2)17(11)31-20(35)14-8-30-33(10-22(25,26)27)19(14)18-15(24)4-3-5-29-18/h3-8H,9-10H2,1-2H3,(H,28,34)(H,31,35)(H,32,36). The number of carbonyl (C=O) groups is 3. The van der Waals surface area contributed by atoms with Gasteiger partial charge in [-0.3, -0.25) is 28.9 Å². The van der Waals surface area contributed by atoms with Crippen LogP contribution < -0.4 is 16.1 Å². The summed E-state index contributed by atoms with van der Waals surface area (Å²) in [5.74, 6) is -2.24. The highest BCUT2D eigenvalue weighted by Gasteiger charge is 2.32. The number of benzene rings is 1. The molecule has 2 aromatic heterocycles. The number of carbonyl (C=O) groups excluding carboxylic acids is 3. The van der Waals surface area contributed by atoms with Gasteiger partial charge < -0.3 is 10.6 Å². The Balaban J connectivity index is 1.99. The highest BCUT2D eigenvalue weighted by atomic mass is 35.5. The first-order valence-corrected chi connectivity index (χ1v) is 11.1. The van der Waals surface area contributed by atoms with Crippen molar-refractivity contribution in [1.29, 1.82) is 0 Å². The molecule has 3 aromatic rings. The van der Waals surface area contributed by atoms with Crippen LogP contribution in [0.2, 0.25) is 10.0 Å². The summed E-state index contributed by atoms with van der Waals surface area (Å²) in [5, 5.41) is 8.70. The predicted molar refractivity (Wildman–Crippen MR) is 128 cm³/mol. The van der Waals surface area contributed by atoms with Gasteiger partial charge in [-0.15, -0.1) is 0 Å². The van der Waals surface area contributed by atoms with E-state index in [0.717, 1.165) is 6.20 Å². The van der Waals surface area contributed by atoms with Gasteiger partial charge in [0.2, 0.25) is 5.91 Å². The van der Waals surface area contributed by atoms with E-state index >= 15 is 0 Å². The number of nitrogens with zero attached hydrogens (tertiary/aromatic N) is 3. The van der Waals surface area contributed by atoms with Crippen LogP contribution in [0.25, 0.3) is 11.4 Å². The van der Waals surface area contributed by atoms with Crippen molar-refractivity contribution in [2.45, 2.75) is 19.6 Å². The Morgan fingerprint density at radius 3 is 2.51 bits per heavy atom. The van der Waals surface area contributed by atoms with Gasteiger partial charge in [-0.25, -0.2) is 5.48 Å². The van der Waals surface area contributed by atoms with E-state index in [0.29, 0.717) is 10.2 Å². The maximum atomic E-state index is 13.3. The van der Waals surface area contributed by atoms with Crippen LogP contribution in [-0.4, -0.2) is 52.3 Å². The Bertz CT molecular complexity index is 1350. The molecule has 0 aliphatic heterocycles. The minimum Gasteiger partial charge on any atom is -0.357 e. The number of rotatable bonds is 8. The lowest BCUT2D eigenvalue weighted by atomic mass is 10.1. The van der Waals surface area contributed by atoms with Gasteiger partial charge in [0.15, 0.2) is 6.61 Å². The maximum absolute atomic E-state index is 13.3. The smallest absolute Gasteiger partial charge is 0.357 e. The first-order valence-electron chi connectivity index (χ1n) is 10.4. The molecule has 3 rings (SSSR count). The fraction of sp³-hybridized carbons (Fsp3) is 0.227. The number of pyridine rings is 1. The van der Waals surface area contributed by atoms with Crippen molar-refractivity contribution in [3.63, 3.8) is 0 Å². The average Bonchev–Trinajstić information content (AvgIpc) is 3.22. The van der Waals surface area contributed by atoms with Crippen molar-refractivity contribution in [3.8, 4) is 11.4 Å². The van der Waals surface area contributed by atoms with E-state index in [1.54, 1.807) is 6.92 Å². The van der Waals surface area contributed by atoms with Crippen LogP contribution in [0, 0.1) is 6.92 Å². The van der Waals surface area contributed by atoms with E-state index in [1.165, 1.54) is 37.5 Å². The first kappa shape index (κ1) is 27.9. The van der Waals surface area contributed by atoms with E-state index in [1.807, 2.05) is 0 Å². The molecule has 37 heavy (non-hydrogen) atoms. The molecule has 1 aromatic carbocycles. The third-order valence-electron chi connectivity index (χ3n) is 4.83. The van der Waals surface area contributed by atoms with Gasteiger partial charge in [-0.1, -0.05) is 23.2 Å². The van der Waals surface area contributed by atoms with E-state index in [-0.39, 0.29) is 38.2 Å². The van der Waals surface area contributed by atoms with Crippen molar-refractivity contribution in [1.82, 2.24) is 25.6 Å². The second kappa shape index (κ2) is 11.6. The minimum absolute atomic E-state index is 0.00270. The zero-order valence-corrected chi connectivity index (χ0v) is 20.8. The lowest BCUT2D eigenvalue weighted by Crippen LogP contribution is -2.31. The second-order valence-electron chi connectivity index (χ2n) is 7.51. The summed E-state index contributed by atoms with van der Waals surface area (Å²) in [6.07, 6.45) is -2.40. The quantitative estimate of drug-likeness (QED) is 0.361. The van der Waals surface area contributed by atoms with Gasteiger partial charge in [-0.2, -0.15) is 18.3 Å². The molecule has 0 atom stereocenters. The number of anilines is 1.